The maximum absolute atomic E-state index is 12.8. The Balaban J connectivity index is 3.15. The summed E-state index contributed by atoms with van der Waals surface area (Å²) in [5.41, 5.74) is -0.105. The molecule has 1 aromatic rings. The third-order valence-electron chi connectivity index (χ3n) is 1.42. The van der Waals surface area contributed by atoms with Crippen LogP contribution in [-0.2, 0) is 0 Å². The van der Waals surface area contributed by atoms with Crippen LogP contribution in [0, 0.1) is 5.82 Å². The second-order valence-electron chi connectivity index (χ2n) is 2.31. The molecule has 0 aliphatic heterocycles. The lowest BCUT2D eigenvalue weighted by Crippen LogP contribution is -2.02. The fourth-order valence-corrected chi connectivity index (χ4v) is 1.22. The van der Waals surface area contributed by atoms with Gasteiger partial charge in [0, 0.05) is 5.56 Å². The van der Waals surface area contributed by atoms with Crippen LogP contribution < -0.4 is 0 Å². The van der Waals surface area contributed by atoms with Crippen LogP contribution in [0.15, 0.2) is 6.07 Å². The molecule has 1 aromatic heterocycles. The lowest BCUT2D eigenvalue weighted by molar-refractivity contribution is 0.141. The standard InChI is InChI=1S/C7H5Cl2F2NO/c8-6-3(5(13)2-10)1-4(11)7(9)12-6/h1,5,13H,2H2. The zero-order chi connectivity index (χ0) is 10.0. The minimum absolute atomic E-state index is 0.105. The van der Waals surface area contributed by atoms with Crippen molar-refractivity contribution >= 4 is 23.2 Å². The summed E-state index contributed by atoms with van der Waals surface area (Å²) in [6, 6.07) is 0.863. The van der Waals surface area contributed by atoms with Crippen LogP contribution in [0.2, 0.25) is 10.3 Å². The molecule has 1 rings (SSSR count). The SMILES string of the molecule is OC(CF)c1cc(F)c(Cl)nc1Cl. The smallest absolute Gasteiger partial charge is 0.166 e. The van der Waals surface area contributed by atoms with Crippen LogP contribution in [-0.4, -0.2) is 16.8 Å². The highest BCUT2D eigenvalue weighted by molar-refractivity contribution is 6.32. The number of nitrogens with zero attached hydrogens (tertiary/aromatic N) is 1. The molecule has 1 unspecified atom stereocenters. The van der Waals surface area contributed by atoms with E-state index in [1.807, 2.05) is 0 Å². The Kier molecular flexibility index (Phi) is 3.41. The molecule has 0 aliphatic carbocycles. The first kappa shape index (κ1) is 10.6. The zero-order valence-electron chi connectivity index (χ0n) is 6.27. The van der Waals surface area contributed by atoms with E-state index in [1.165, 1.54) is 0 Å². The number of halogens is 4. The predicted octanol–water partition coefficient (Wildman–Crippen LogP) is 2.53. The molecule has 0 bridgehead atoms. The molecule has 2 nitrogen and oxygen atoms in total. The van der Waals surface area contributed by atoms with Crippen LogP contribution in [0.5, 0.6) is 0 Å². The summed E-state index contributed by atoms with van der Waals surface area (Å²) in [5.74, 6) is -0.839. The molecule has 0 aromatic carbocycles. The Labute approximate surface area is 83.1 Å². The Morgan fingerprint density at radius 3 is 2.62 bits per heavy atom. The van der Waals surface area contributed by atoms with E-state index in [0.717, 1.165) is 6.07 Å². The Bertz CT molecular complexity index is 322. The average Bonchev–Trinajstić information content (AvgIpc) is 2.10. The summed E-state index contributed by atoms with van der Waals surface area (Å²) in [5, 5.41) is 8.42. The molecule has 0 aliphatic rings. The minimum Gasteiger partial charge on any atom is -0.386 e. The third kappa shape index (κ3) is 2.27. The van der Waals surface area contributed by atoms with Crippen LogP contribution in [0.1, 0.15) is 11.7 Å². The summed E-state index contributed by atoms with van der Waals surface area (Å²) < 4.78 is 24.8. The Morgan fingerprint density at radius 1 is 1.46 bits per heavy atom. The molecule has 13 heavy (non-hydrogen) atoms. The molecular formula is C7H5Cl2F2NO. The van der Waals surface area contributed by atoms with Gasteiger partial charge in [-0.1, -0.05) is 23.2 Å². The number of hydrogen-bond acceptors (Lipinski definition) is 2. The summed E-state index contributed by atoms with van der Waals surface area (Å²) in [7, 11) is 0. The van der Waals surface area contributed by atoms with Crippen molar-refractivity contribution in [3.05, 3.63) is 27.8 Å². The van der Waals surface area contributed by atoms with Gasteiger partial charge in [-0.2, -0.15) is 0 Å². The number of aromatic nitrogens is 1. The molecule has 0 radical (unpaired) electrons. The van der Waals surface area contributed by atoms with Crippen molar-refractivity contribution in [3.8, 4) is 0 Å². The number of alkyl halides is 1. The van der Waals surface area contributed by atoms with Gasteiger partial charge in [-0.25, -0.2) is 13.8 Å². The number of aliphatic hydroxyl groups excluding tert-OH is 1. The van der Waals surface area contributed by atoms with Crippen molar-refractivity contribution in [3.63, 3.8) is 0 Å². The average molecular weight is 228 g/mol. The van der Waals surface area contributed by atoms with Crippen molar-refractivity contribution in [2.24, 2.45) is 0 Å². The third-order valence-corrected chi connectivity index (χ3v) is 1.99. The highest BCUT2D eigenvalue weighted by atomic mass is 35.5. The van der Waals surface area contributed by atoms with E-state index in [4.69, 9.17) is 28.3 Å². The predicted molar refractivity (Wildman–Crippen MR) is 45.1 cm³/mol. The second-order valence-corrected chi connectivity index (χ2v) is 3.03. The highest BCUT2D eigenvalue weighted by Gasteiger charge is 2.15. The zero-order valence-corrected chi connectivity index (χ0v) is 7.78. The molecule has 1 N–H and O–H groups in total. The van der Waals surface area contributed by atoms with Gasteiger partial charge < -0.3 is 5.11 Å². The molecule has 0 amide bonds. The fourth-order valence-electron chi connectivity index (χ4n) is 0.777. The van der Waals surface area contributed by atoms with E-state index in [2.05, 4.69) is 4.98 Å². The van der Waals surface area contributed by atoms with Crippen molar-refractivity contribution in [2.75, 3.05) is 6.67 Å². The summed E-state index contributed by atoms with van der Waals surface area (Å²) in [6.07, 6.45) is -1.47. The second kappa shape index (κ2) is 4.17. The fraction of sp³-hybridized carbons (Fsp3) is 0.286. The van der Waals surface area contributed by atoms with E-state index in [0.29, 0.717) is 0 Å². The number of aliphatic hydroxyl groups is 1. The molecule has 0 spiro atoms. The maximum atomic E-state index is 12.8. The quantitative estimate of drug-likeness (QED) is 0.789. The lowest BCUT2D eigenvalue weighted by atomic mass is 10.2. The van der Waals surface area contributed by atoms with Gasteiger partial charge in [-0.15, -0.1) is 0 Å². The minimum atomic E-state index is -1.47. The van der Waals surface area contributed by atoms with Gasteiger partial charge in [0.25, 0.3) is 0 Å². The summed E-state index contributed by atoms with van der Waals surface area (Å²) >= 11 is 10.8. The molecule has 6 heteroatoms. The van der Waals surface area contributed by atoms with Crippen LogP contribution in [0.4, 0.5) is 8.78 Å². The molecular weight excluding hydrogens is 223 g/mol. The molecule has 1 heterocycles. The van der Waals surface area contributed by atoms with E-state index in [9.17, 15) is 8.78 Å². The van der Waals surface area contributed by atoms with Crippen LogP contribution in [0.3, 0.4) is 0 Å². The van der Waals surface area contributed by atoms with E-state index >= 15 is 0 Å². The van der Waals surface area contributed by atoms with Gasteiger partial charge in [0.2, 0.25) is 0 Å². The summed E-state index contributed by atoms with van der Waals surface area (Å²) in [4.78, 5) is 3.37. The number of rotatable bonds is 2. The van der Waals surface area contributed by atoms with Gasteiger partial charge in [-0.05, 0) is 6.07 Å². The molecule has 0 saturated heterocycles. The molecule has 72 valence electrons. The van der Waals surface area contributed by atoms with Gasteiger partial charge in [0.1, 0.15) is 17.9 Å². The van der Waals surface area contributed by atoms with Gasteiger partial charge in [0.15, 0.2) is 11.0 Å². The Hall–Kier alpha value is -0.450. The monoisotopic (exact) mass is 227 g/mol. The number of pyridine rings is 1. The normalized spacial score (nSPS) is 13.0. The topological polar surface area (TPSA) is 33.1 Å². The largest absolute Gasteiger partial charge is 0.386 e. The molecule has 1 atom stereocenters. The number of hydrogen-bond donors (Lipinski definition) is 1. The van der Waals surface area contributed by atoms with E-state index in [1.54, 1.807) is 0 Å². The van der Waals surface area contributed by atoms with Crippen LogP contribution >= 0.6 is 23.2 Å². The van der Waals surface area contributed by atoms with Crippen LogP contribution in [0.25, 0.3) is 0 Å². The first-order valence-electron chi connectivity index (χ1n) is 3.31. The van der Waals surface area contributed by atoms with E-state index < -0.39 is 23.7 Å². The van der Waals surface area contributed by atoms with Crippen molar-refractivity contribution < 1.29 is 13.9 Å². The first-order valence-corrected chi connectivity index (χ1v) is 4.07. The highest BCUT2D eigenvalue weighted by Crippen LogP contribution is 2.25. The maximum Gasteiger partial charge on any atom is 0.166 e. The van der Waals surface area contributed by atoms with Gasteiger partial charge in [0.05, 0.1) is 0 Å². The Morgan fingerprint density at radius 2 is 2.08 bits per heavy atom. The van der Waals surface area contributed by atoms with Gasteiger partial charge >= 0.3 is 0 Å². The molecule has 0 fully saturated rings. The van der Waals surface area contributed by atoms with E-state index in [-0.39, 0.29) is 10.7 Å². The van der Waals surface area contributed by atoms with Crippen molar-refractivity contribution in [2.45, 2.75) is 6.10 Å². The van der Waals surface area contributed by atoms with Gasteiger partial charge in [-0.3, -0.25) is 0 Å². The first-order chi connectivity index (χ1) is 6.06. The summed E-state index contributed by atoms with van der Waals surface area (Å²) in [6.45, 7) is -1.05. The lowest BCUT2D eigenvalue weighted by Gasteiger charge is -2.08. The van der Waals surface area contributed by atoms with Crippen molar-refractivity contribution in [1.82, 2.24) is 4.98 Å². The van der Waals surface area contributed by atoms with Crippen molar-refractivity contribution in [1.29, 1.82) is 0 Å². The molecule has 0 saturated carbocycles.